The Kier molecular flexibility index (Phi) is 2.33. The van der Waals surface area contributed by atoms with E-state index in [1.54, 1.807) is 18.2 Å². The van der Waals surface area contributed by atoms with Crippen molar-refractivity contribution in [2.45, 2.75) is 25.4 Å². The van der Waals surface area contributed by atoms with Gasteiger partial charge in [-0.2, -0.15) is 5.10 Å². The molecule has 3 N–H and O–H groups in total. The number of nitrogens with zero attached hydrogens (tertiary/aromatic N) is 3. The largest absolute Gasteiger partial charge is 0.508 e. The lowest BCUT2D eigenvalue weighted by Gasteiger charge is -2.17. The smallest absolute Gasteiger partial charge is 0.181 e. The molecular weight excluding hydrogens is 216 g/mol. The topological polar surface area (TPSA) is 77.0 Å². The van der Waals surface area contributed by atoms with E-state index in [1.165, 1.54) is 0 Å². The fourth-order valence-corrected chi connectivity index (χ4v) is 2.10. The zero-order valence-electron chi connectivity index (χ0n) is 9.37. The molecule has 1 atom stereocenters. The number of hydrogen-bond acceptors (Lipinski definition) is 4. The number of phenols is 1. The summed E-state index contributed by atoms with van der Waals surface area (Å²) in [5.41, 5.74) is 6.73. The molecule has 2 aromatic rings. The molecule has 0 saturated carbocycles. The quantitative estimate of drug-likeness (QED) is 0.763. The monoisotopic (exact) mass is 230 g/mol. The van der Waals surface area contributed by atoms with E-state index in [0.29, 0.717) is 5.82 Å². The summed E-state index contributed by atoms with van der Waals surface area (Å²) in [6, 6.07) is 7.16. The number of nitrogens with two attached hydrogens (primary N) is 1. The highest BCUT2D eigenvalue weighted by Gasteiger charge is 2.19. The van der Waals surface area contributed by atoms with Gasteiger partial charge < -0.3 is 10.8 Å². The molecule has 1 aromatic carbocycles. The van der Waals surface area contributed by atoms with Gasteiger partial charge in [-0.3, -0.25) is 0 Å². The third kappa shape index (κ3) is 1.89. The highest BCUT2D eigenvalue weighted by atomic mass is 16.3. The van der Waals surface area contributed by atoms with Crippen LogP contribution in [0.1, 0.15) is 12.2 Å². The summed E-state index contributed by atoms with van der Waals surface area (Å²) in [7, 11) is 0. The van der Waals surface area contributed by atoms with Crippen molar-refractivity contribution in [1.82, 2.24) is 14.8 Å². The number of hydrogen-bond donors (Lipinski definition) is 2. The second-order valence-corrected chi connectivity index (χ2v) is 4.38. The van der Waals surface area contributed by atoms with Crippen molar-refractivity contribution in [3.8, 4) is 17.1 Å². The SMILES string of the molecule is NC1CCn2nc(-c3cccc(O)c3)nc2C1. The van der Waals surface area contributed by atoms with E-state index >= 15 is 0 Å². The number of aromatic nitrogens is 3. The van der Waals surface area contributed by atoms with Crippen LogP contribution < -0.4 is 5.73 Å². The molecule has 1 aliphatic heterocycles. The summed E-state index contributed by atoms with van der Waals surface area (Å²) in [6.45, 7) is 0.822. The summed E-state index contributed by atoms with van der Waals surface area (Å²) in [4.78, 5) is 4.47. The van der Waals surface area contributed by atoms with Gasteiger partial charge in [-0.05, 0) is 18.6 Å². The van der Waals surface area contributed by atoms with E-state index < -0.39 is 0 Å². The normalized spacial score (nSPS) is 19.0. The lowest BCUT2D eigenvalue weighted by atomic mass is 10.1. The maximum atomic E-state index is 9.44. The van der Waals surface area contributed by atoms with Crippen LogP contribution in [0.15, 0.2) is 24.3 Å². The van der Waals surface area contributed by atoms with E-state index in [1.807, 2.05) is 10.7 Å². The van der Waals surface area contributed by atoms with Crippen LogP contribution in [0, 0.1) is 0 Å². The van der Waals surface area contributed by atoms with Crippen LogP contribution in [-0.2, 0) is 13.0 Å². The third-order valence-corrected chi connectivity index (χ3v) is 3.01. The molecule has 1 aromatic heterocycles. The van der Waals surface area contributed by atoms with Crippen molar-refractivity contribution < 1.29 is 5.11 Å². The second-order valence-electron chi connectivity index (χ2n) is 4.38. The first-order chi connectivity index (χ1) is 8.22. The molecule has 0 aliphatic carbocycles. The Labute approximate surface area is 98.9 Å². The summed E-state index contributed by atoms with van der Waals surface area (Å²) in [5.74, 6) is 1.82. The first kappa shape index (κ1) is 10.3. The van der Waals surface area contributed by atoms with Crippen molar-refractivity contribution >= 4 is 0 Å². The second kappa shape index (κ2) is 3.85. The van der Waals surface area contributed by atoms with Crippen molar-refractivity contribution in [2.75, 3.05) is 0 Å². The maximum absolute atomic E-state index is 9.44. The van der Waals surface area contributed by atoms with Crippen molar-refractivity contribution in [1.29, 1.82) is 0 Å². The maximum Gasteiger partial charge on any atom is 0.181 e. The highest BCUT2D eigenvalue weighted by Crippen LogP contribution is 2.22. The molecule has 88 valence electrons. The van der Waals surface area contributed by atoms with Gasteiger partial charge in [0.1, 0.15) is 11.6 Å². The van der Waals surface area contributed by atoms with E-state index in [9.17, 15) is 5.11 Å². The first-order valence-electron chi connectivity index (χ1n) is 5.71. The number of fused-ring (bicyclic) bond motifs is 1. The Morgan fingerprint density at radius 2 is 2.29 bits per heavy atom. The van der Waals surface area contributed by atoms with Gasteiger partial charge in [0, 0.05) is 24.6 Å². The van der Waals surface area contributed by atoms with Crippen LogP contribution in [0.3, 0.4) is 0 Å². The molecule has 5 nitrogen and oxygen atoms in total. The molecule has 0 fully saturated rings. The molecule has 1 unspecified atom stereocenters. The first-order valence-corrected chi connectivity index (χ1v) is 5.71. The molecule has 0 amide bonds. The number of aryl methyl sites for hydroxylation is 1. The minimum atomic E-state index is 0.184. The van der Waals surface area contributed by atoms with Gasteiger partial charge in [-0.1, -0.05) is 12.1 Å². The average Bonchev–Trinajstić information content (AvgIpc) is 2.72. The Bertz CT molecular complexity index is 549. The zero-order chi connectivity index (χ0) is 11.8. The van der Waals surface area contributed by atoms with Crippen LogP contribution in [0.5, 0.6) is 5.75 Å². The summed E-state index contributed by atoms with van der Waals surface area (Å²) >= 11 is 0. The fourth-order valence-electron chi connectivity index (χ4n) is 2.10. The lowest BCUT2D eigenvalue weighted by Crippen LogP contribution is -2.31. The summed E-state index contributed by atoms with van der Waals surface area (Å²) < 4.78 is 1.91. The zero-order valence-corrected chi connectivity index (χ0v) is 9.37. The van der Waals surface area contributed by atoms with Crippen LogP contribution in [-0.4, -0.2) is 25.9 Å². The van der Waals surface area contributed by atoms with E-state index in [4.69, 9.17) is 5.73 Å². The van der Waals surface area contributed by atoms with Crippen LogP contribution in [0.25, 0.3) is 11.4 Å². The predicted octanol–water partition coefficient (Wildman–Crippen LogP) is 0.924. The average molecular weight is 230 g/mol. The molecular formula is C12H14N4O. The summed E-state index contributed by atoms with van der Waals surface area (Å²) in [6.07, 6.45) is 1.71. The fraction of sp³-hybridized carbons (Fsp3) is 0.333. The Balaban J connectivity index is 2.00. The molecule has 0 spiro atoms. The van der Waals surface area contributed by atoms with Crippen LogP contribution in [0.2, 0.25) is 0 Å². The molecule has 2 heterocycles. The van der Waals surface area contributed by atoms with E-state index in [2.05, 4.69) is 10.1 Å². The van der Waals surface area contributed by atoms with Gasteiger partial charge in [0.15, 0.2) is 5.82 Å². The van der Waals surface area contributed by atoms with Crippen molar-refractivity contribution in [3.63, 3.8) is 0 Å². The van der Waals surface area contributed by atoms with Crippen molar-refractivity contribution in [2.24, 2.45) is 5.73 Å². The molecule has 3 rings (SSSR count). The highest BCUT2D eigenvalue weighted by molar-refractivity contribution is 5.56. The molecule has 17 heavy (non-hydrogen) atoms. The third-order valence-electron chi connectivity index (χ3n) is 3.01. The Morgan fingerprint density at radius 1 is 1.41 bits per heavy atom. The van der Waals surface area contributed by atoms with Gasteiger partial charge in [0.05, 0.1) is 0 Å². The molecule has 0 radical (unpaired) electrons. The van der Waals surface area contributed by atoms with Crippen LogP contribution in [0.4, 0.5) is 0 Å². The molecule has 0 saturated heterocycles. The Morgan fingerprint density at radius 3 is 3.12 bits per heavy atom. The van der Waals surface area contributed by atoms with E-state index in [0.717, 1.165) is 30.8 Å². The summed E-state index contributed by atoms with van der Waals surface area (Å²) in [5, 5.41) is 13.9. The predicted molar refractivity (Wildman–Crippen MR) is 63.4 cm³/mol. The number of benzene rings is 1. The minimum Gasteiger partial charge on any atom is -0.508 e. The van der Waals surface area contributed by atoms with Gasteiger partial charge in [0.25, 0.3) is 0 Å². The van der Waals surface area contributed by atoms with Gasteiger partial charge in [0.2, 0.25) is 0 Å². The van der Waals surface area contributed by atoms with Gasteiger partial charge in [-0.25, -0.2) is 9.67 Å². The van der Waals surface area contributed by atoms with Crippen molar-refractivity contribution in [3.05, 3.63) is 30.1 Å². The standard InChI is InChI=1S/C12H14N4O/c13-9-4-5-16-11(7-9)14-12(15-16)8-2-1-3-10(17)6-8/h1-3,6,9,17H,4-5,7,13H2. The minimum absolute atomic E-state index is 0.184. The lowest BCUT2D eigenvalue weighted by molar-refractivity contribution is 0.433. The van der Waals surface area contributed by atoms with Gasteiger partial charge >= 0.3 is 0 Å². The number of rotatable bonds is 1. The van der Waals surface area contributed by atoms with Crippen LogP contribution >= 0.6 is 0 Å². The van der Waals surface area contributed by atoms with Gasteiger partial charge in [-0.15, -0.1) is 0 Å². The Hall–Kier alpha value is -1.88. The number of aromatic hydroxyl groups is 1. The molecule has 0 bridgehead atoms. The van der Waals surface area contributed by atoms with E-state index in [-0.39, 0.29) is 11.8 Å². The molecule has 1 aliphatic rings. The molecule has 5 heteroatoms. The number of phenolic OH excluding ortho intramolecular Hbond substituents is 1.